The van der Waals surface area contributed by atoms with Gasteiger partial charge in [0.05, 0.1) is 6.10 Å². The van der Waals surface area contributed by atoms with E-state index in [1.165, 1.54) is 19.2 Å². The van der Waals surface area contributed by atoms with Crippen LogP contribution in [0.3, 0.4) is 0 Å². The number of nitrogens with two attached hydrogens (primary N) is 1. The van der Waals surface area contributed by atoms with Crippen molar-refractivity contribution in [3.8, 4) is 0 Å². The van der Waals surface area contributed by atoms with Gasteiger partial charge in [-0.1, -0.05) is 0 Å². The molecule has 140 valence electrons. The minimum atomic E-state index is -1.48. The van der Waals surface area contributed by atoms with Crippen molar-refractivity contribution in [2.75, 3.05) is 12.1 Å². The number of nitrogens with one attached hydrogen (secondary N) is 1. The molecule has 12 heteroatoms. The van der Waals surface area contributed by atoms with Crippen molar-refractivity contribution in [2.45, 2.75) is 43.6 Å². The van der Waals surface area contributed by atoms with E-state index >= 15 is 0 Å². The van der Waals surface area contributed by atoms with Crippen LogP contribution in [0, 0.1) is 0 Å². The molecule has 12 nitrogen and oxygen atoms in total. The minimum Gasteiger partial charge on any atom is -0.462 e. The Bertz CT molecular complexity index is 666. The van der Waals surface area contributed by atoms with Crippen molar-refractivity contribution in [3.63, 3.8) is 0 Å². The summed E-state index contributed by atoms with van der Waals surface area (Å²) in [4.78, 5) is 27.0. The summed E-state index contributed by atoms with van der Waals surface area (Å²) in [5.74, 6) is -1.01. The molecule has 1 aromatic rings. The van der Waals surface area contributed by atoms with Crippen LogP contribution in [0.5, 0.6) is 0 Å². The van der Waals surface area contributed by atoms with Crippen molar-refractivity contribution in [2.24, 2.45) is 5.73 Å². The molecule has 2 heterocycles. The molecule has 1 aromatic heterocycles. The Kier molecular flexibility index (Phi) is 6.05. The van der Waals surface area contributed by atoms with Crippen LogP contribution in [-0.4, -0.2) is 73.1 Å². The van der Waals surface area contributed by atoms with E-state index in [4.69, 9.17) is 20.4 Å². The summed E-state index contributed by atoms with van der Waals surface area (Å²) < 4.78 is 11.1. The molecule has 0 aromatic carbocycles. The SMILES string of the molecule is C[C@H](O)[C@@H](N)C(=O)OC[C@H]1O[C@@H](n2ccc(NO)nc2=O)[C@H](O)[C@@H]1O. The van der Waals surface area contributed by atoms with Crippen molar-refractivity contribution in [1.82, 2.24) is 9.55 Å². The lowest BCUT2D eigenvalue weighted by Gasteiger charge is -2.18. The zero-order chi connectivity index (χ0) is 18.7. The van der Waals surface area contributed by atoms with E-state index in [0.29, 0.717) is 0 Å². The summed E-state index contributed by atoms with van der Waals surface area (Å²) in [7, 11) is 0. The fourth-order valence-corrected chi connectivity index (χ4v) is 2.22. The van der Waals surface area contributed by atoms with Crippen LogP contribution in [-0.2, 0) is 14.3 Å². The number of ether oxygens (including phenoxy) is 2. The number of esters is 1. The third-order valence-electron chi connectivity index (χ3n) is 3.74. The second-order valence-electron chi connectivity index (χ2n) is 5.56. The topological polar surface area (TPSA) is 189 Å². The Morgan fingerprint density at radius 1 is 1.52 bits per heavy atom. The first kappa shape index (κ1) is 19.2. The number of carbonyl (C=O) groups excluding carboxylic acids is 1. The lowest BCUT2D eigenvalue weighted by molar-refractivity contribution is -0.154. The molecule has 7 N–H and O–H groups in total. The Hall–Kier alpha value is -2.09. The number of nitrogens with zero attached hydrogens (tertiary/aromatic N) is 2. The number of carbonyl (C=O) groups is 1. The van der Waals surface area contributed by atoms with Gasteiger partial charge < -0.3 is 30.5 Å². The van der Waals surface area contributed by atoms with Crippen LogP contribution in [0.15, 0.2) is 17.1 Å². The highest BCUT2D eigenvalue weighted by Gasteiger charge is 2.45. The first-order chi connectivity index (χ1) is 11.8. The number of hydrogen-bond donors (Lipinski definition) is 6. The molecule has 0 saturated carbocycles. The van der Waals surface area contributed by atoms with Gasteiger partial charge in [0, 0.05) is 6.20 Å². The summed E-state index contributed by atoms with van der Waals surface area (Å²) in [6, 6.07) is -0.0107. The normalized spacial score (nSPS) is 28.4. The second kappa shape index (κ2) is 7.86. The average Bonchev–Trinajstić information content (AvgIpc) is 2.86. The summed E-state index contributed by atoms with van der Waals surface area (Å²) >= 11 is 0. The van der Waals surface area contributed by atoms with Gasteiger partial charge in [0.1, 0.15) is 31.0 Å². The molecule has 1 aliphatic heterocycles. The molecule has 0 spiro atoms. The molecule has 2 rings (SSSR count). The Morgan fingerprint density at radius 2 is 2.20 bits per heavy atom. The minimum absolute atomic E-state index is 0.105. The highest BCUT2D eigenvalue weighted by Crippen LogP contribution is 2.28. The van der Waals surface area contributed by atoms with E-state index in [1.54, 1.807) is 5.48 Å². The molecule has 1 fully saturated rings. The Balaban J connectivity index is 2.06. The second-order valence-corrected chi connectivity index (χ2v) is 5.56. The van der Waals surface area contributed by atoms with E-state index in [0.717, 1.165) is 4.57 Å². The quantitative estimate of drug-likeness (QED) is 0.223. The van der Waals surface area contributed by atoms with Gasteiger partial charge >= 0.3 is 11.7 Å². The van der Waals surface area contributed by atoms with E-state index in [1.807, 2.05) is 0 Å². The smallest absolute Gasteiger partial charge is 0.351 e. The van der Waals surface area contributed by atoms with E-state index in [-0.39, 0.29) is 5.82 Å². The van der Waals surface area contributed by atoms with Crippen LogP contribution in [0.25, 0.3) is 0 Å². The molecule has 0 unspecified atom stereocenters. The standard InChI is InChI=1S/C13H20N4O8/c1-5(18)8(14)12(21)24-4-6-9(19)10(20)11(25-6)17-3-2-7(16-23)15-13(17)22/h2-3,5-6,8-11,18-20,23H,4,14H2,1H3,(H,15,16,22)/t5-,6+,8+,9+,10+,11+/m0/s1. The third-order valence-corrected chi connectivity index (χ3v) is 3.74. The van der Waals surface area contributed by atoms with Gasteiger partial charge in [-0.05, 0) is 13.0 Å². The summed E-state index contributed by atoms with van der Waals surface area (Å²) in [5.41, 5.74) is 6.27. The predicted octanol–water partition coefficient (Wildman–Crippen LogP) is -3.09. The predicted molar refractivity (Wildman–Crippen MR) is 80.4 cm³/mol. The lowest BCUT2D eigenvalue weighted by Crippen LogP contribution is -2.43. The molecule has 1 saturated heterocycles. The number of aromatic nitrogens is 2. The maximum absolute atomic E-state index is 11.9. The summed E-state index contributed by atoms with van der Waals surface area (Å²) in [5, 5.41) is 38.0. The van der Waals surface area contributed by atoms with Crippen LogP contribution in [0.2, 0.25) is 0 Å². The van der Waals surface area contributed by atoms with Crippen molar-refractivity contribution >= 4 is 11.8 Å². The van der Waals surface area contributed by atoms with Gasteiger partial charge in [-0.15, -0.1) is 0 Å². The fraction of sp³-hybridized carbons (Fsp3) is 0.615. The number of aliphatic hydroxyl groups excluding tert-OH is 3. The molecule has 0 aliphatic carbocycles. The molecule has 0 bridgehead atoms. The van der Waals surface area contributed by atoms with Gasteiger partial charge in [0.15, 0.2) is 12.0 Å². The largest absolute Gasteiger partial charge is 0.462 e. The van der Waals surface area contributed by atoms with Gasteiger partial charge in [-0.2, -0.15) is 4.98 Å². The number of anilines is 1. The van der Waals surface area contributed by atoms with Crippen molar-refractivity contribution < 1.29 is 34.8 Å². The van der Waals surface area contributed by atoms with Gasteiger partial charge in [0.25, 0.3) is 0 Å². The summed E-state index contributed by atoms with van der Waals surface area (Å²) in [6.07, 6.45) is -5.23. The van der Waals surface area contributed by atoms with E-state index < -0.39 is 55.0 Å². The molecule has 0 amide bonds. The van der Waals surface area contributed by atoms with Crippen LogP contribution < -0.4 is 16.9 Å². The van der Waals surface area contributed by atoms with Crippen LogP contribution in [0.4, 0.5) is 5.82 Å². The van der Waals surface area contributed by atoms with Crippen LogP contribution >= 0.6 is 0 Å². The molecule has 6 atom stereocenters. The number of hydrogen-bond acceptors (Lipinski definition) is 11. The van der Waals surface area contributed by atoms with Gasteiger partial charge in [-0.3, -0.25) is 20.0 Å². The van der Waals surface area contributed by atoms with Gasteiger partial charge in [0.2, 0.25) is 0 Å². The van der Waals surface area contributed by atoms with E-state index in [2.05, 4.69) is 4.98 Å². The highest BCUT2D eigenvalue weighted by molar-refractivity contribution is 5.76. The Labute approximate surface area is 141 Å². The van der Waals surface area contributed by atoms with Crippen molar-refractivity contribution in [3.05, 3.63) is 22.7 Å². The maximum Gasteiger partial charge on any atom is 0.351 e. The zero-order valence-electron chi connectivity index (χ0n) is 13.2. The molecule has 0 radical (unpaired) electrons. The highest BCUT2D eigenvalue weighted by atomic mass is 16.6. The first-order valence-corrected chi connectivity index (χ1v) is 7.37. The number of rotatable bonds is 6. The third kappa shape index (κ3) is 4.12. The fourth-order valence-electron chi connectivity index (χ4n) is 2.22. The van der Waals surface area contributed by atoms with Gasteiger partial charge in [-0.25, -0.2) is 4.79 Å². The molecular weight excluding hydrogens is 340 g/mol. The zero-order valence-corrected chi connectivity index (χ0v) is 13.2. The van der Waals surface area contributed by atoms with Crippen LogP contribution in [0.1, 0.15) is 13.2 Å². The lowest BCUT2D eigenvalue weighted by atomic mass is 10.1. The molecular formula is C13H20N4O8. The average molecular weight is 360 g/mol. The molecule has 1 aliphatic rings. The monoisotopic (exact) mass is 360 g/mol. The maximum atomic E-state index is 11.9. The van der Waals surface area contributed by atoms with E-state index in [9.17, 15) is 24.9 Å². The first-order valence-electron chi connectivity index (χ1n) is 7.37. The summed E-state index contributed by atoms with van der Waals surface area (Å²) in [6.45, 7) is 0.878. The number of aliphatic hydroxyl groups is 3. The Morgan fingerprint density at radius 3 is 2.76 bits per heavy atom. The molecule has 25 heavy (non-hydrogen) atoms. The van der Waals surface area contributed by atoms with Crippen molar-refractivity contribution in [1.29, 1.82) is 0 Å².